The van der Waals surface area contributed by atoms with Crippen LogP contribution in [0.25, 0.3) is 0 Å². The van der Waals surface area contributed by atoms with Gasteiger partial charge in [-0.2, -0.15) is 0 Å². The van der Waals surface area contributed by atoms with Gasteiger partial charge in [-0.15, -0.1) is 0 Å². The molecule has 0 amide bonds. The molecule has 1 aromatic heterocycles. The second-order valence-corrected chi connectivity index (χ2v) is 4.47. The second kappa shape index (κ2) is 8.53. The number of nitrogens with one attached hydrogen (secondary N) is 2. The van der Waals surface area contributed by atoms with E-state index in [1.807, 2.05) is 0 Å². The first-order valence-electron chi connectivity index (χ1n) is 6.58. The van der Waals surface area contributed by atoms with Gasteiger partial charge in [0.2, 0.25) is 5.75 Å². The molecule has 6 nitrogen and oxygen atoms in total. The molecule has 0 saturated heterocycles. The number of methoxy groups -OCH3 is 2. The van der Waals surface area contributed by atoms with Gasteiger partial charge in [-0.05, 0) is 12.3 Å². The molecule has 0 aromatic carbocycles. The van der Waals surface area contributed by atoms with Crippen molar-refractivity contribution in [2.45, 2.75) is 20.3 Å². The van der Waals surface area contributed by atoms with Gasteiger partial charge >= 0.3 is 0 Å². The maximum atomic E-state index is 5.38. The molecule has 19 heavy (non-hydrogen) atoms. The summed E-state index contributed by atoms with van der Waals surface area (Å²) in [6.45, 7) is 6.55. The standard InChI is InChI=1S/C13H24N4O2/c1-5-6-14-12-11(19-4)13(17-9-16-12)15-7-10(2)8-18-3/h9-10H,5-8H2,1-4H3,(H2,14,15,16,17). The van der Waals surface area contributed by atoms with Gasteiger partial charge in [-0.3, -0.25) is 0 Å². The molecule has 0 aliphatic rings. The molecular formula is C13H24N4O2. The minimum atomic E-state index is 0.400. The third-order valence-electron chi connectivity index (χ3n) is 2.62. The second-order valence-electron chi connectivity index (χ2n) is 4.47. The van der Waals surface area contributed by atoms with E-state index in [0.29, 0.717) is 24.1 Å². The van der Waals surface area contributed by atoms with E-state index in [4.69, 9.17) is 9.47 Å². The van der Waals surface area contributed by atoms with Crippen molar-refractivity contribution in [3.8, 4) is 5.75 Å². The minimum absolute atomic E-state index is 0.400. The molecule has 0 aliphatic heterocycles. The van der Waals surface area contributed by atoms with E-state index >= 15 is 0 Å². The SMILES string of the molecule is CCCNc1ncnc(NCC(C)COC)c1OC. The number of ether oxygens (including phenoxy) is 2. The van der Waals surface area contributed by atoms with Crippen molar-refractivity contribution in [2.75, 3.05) is 44.5 Å². The van der Waals surface area contributed by atoms with Gasteiger partial charge in [0, 0.05) is 20.2 Å². The van der Waals surface area contributed by atoms with Gasteiger partial charge < -0.3 is 20.1 Å². The van der Waals surface area contributed by atoms with Crippen LogP contribution in [-0.2, 0) is 4.74 Å². The molecule has 1 aromatic rings. The summed E-state index contributed by atoms with van der Waals surface area (Å²) in [7, 11) is 3.33. The van der Waals surface area contributed by atoms with Crippen LogP contribution in [0.15, 0.2) is 6.33 Å². The molecule has 2 N–H and O–H groups in total. The Kier molecular flexibility index (Phi) is 6.95. The van der Waals surface area contributed by atoms with Gasteiger partial charge in [-0.25, -0.2) is 9.97 Å². The highest BCUT2D eigenvalue weighted by Gasteiger charge is 2.12. The van der Waals surface area contributed by atoms with E-state index in [2.05, 4.69) is 34.4 Å². The summed E-state index contributed by atoms with van der Waals surface area (Å²) in [4.78, 5) is 8.42. The van der Waals surface area contributed by atoms with Crippen LogP contribution in [0, 0.1) is 5.92 Å². The average molecular weight is 268 g/mol. The van der Waals surface area contributed by atoms with Crippen LogP contribution in [0.1, 0.15) is 20.3 Å². The van der Waals surface area contributed by atoms with Crippen molar-refractivity contribution in [1.29, 1.82) is 0 Å². The number of rotatable bonds is 9. The fourth-order valence-electron chi connectivity index (χ4n) is 1.68. The van der Waals surface area contributed by atoms with E-state index in [-0.39, 0.29) is 0 Å². The Morgan fingerprint density at radius 2 is 1.89 bits per heavy atom. The number of anilines is 2. The summed E-state index contributed by atoms with van der Waals surface area (Å²) >= 11 is 0. The Labute approximate surface area is 114 Å². The van der Waals surface area contributed by atoms with Crippen LogP contribution in [0.4, 0.5) is 11.6 Å². The monoisotopic (exact) mass is 268 g/mol. The Hall–Kier alpha value is -1.56. The Bertz CT molecular complexity index is 374. The van der Waals surface area contributed by atoms with E-state index in [1.54, 1.807) is 14.2 Å². The summed E-state index contributed by atoms with van der Waals surface area (Å²) < 4.78 is 10.5. The number of nitrogens with zero attached hydrogens (tertiary/aromatic N) is 2. The quantitative estimate of drug-likeness (QED) is 0.714. The fraction of sp³-hybridized carbons (Fsp3) is 0.692. The highest BCUT2D eigenvalue weighted by molar-refractivity contribution is 5.63. The molecule has 6 heteroatoms. The van der Waals surface area contributed by atoms with Crippen molar-refractivity contribution in [3.05, 3.63) is 6.33 Å². The first-order valence-corrected chi connectivity index (χ1v) is 6.58. The molecule has 108 valence electrons. The van der Waals surface area contributed by atoms with Crippen LogP contribution in [0.5, 0.6) is 5.75 Å². The van der Waals surface area contributed by atoms with E-state index in [0.717, 1.165) is 25.3 Å². The Morgan fingerprint density at radius 1 is 1.21 bits per heavy atom. The summed E-state index contributed by atoms with van der Waals surface area (Å²) in [5, 5.41) is 6.50. The van der Waals surface area contributed by atoms with Gasteiger partial charge in [0.05, 0.1) is 13.7 Å². The van der Waals surface area contributed by atoms with Gasteiger partial charge in [0.1, 0.15) is 6.33 Å². The van der Waals surface area contributed by atoms with Crippen molar-refractivity contribution in [3.63, 3.8) is 0 Å². The molecule has 1 atom stereocenters. The van der Waals surface area contributed by atoms with Crippen molar-refractivity contribution >= 4 is 11.6 Å². The van der Waals surface area contributed by atoms with Crippen LogP contribution < -0.4 is 15.4 Å². The van der Waals surface area contributed by atoms with Crippen LogP contribution in [-0.4, -0.2) is 43.9 Å². The molecule has 0 radical (unpaired) electrons. The molecule has 1 unspecified atom stereocenters. The lowest BCUT2D eigenvalue weighted by molar-refractivity contribution is 0.164. The number of aromatic nitrogens is 2. The maximum Gasteiger partial charge on any atom is 0.204 e. The molecule has 0 saturated carbocycles. The molecule has 0 fully saturated rings. The molecule has 0 aliphatic carbocycles. The van der Waals surface area contributed by atoms with E-state index in [9.17, 15) is 0 Å². The van der Waals surface area contributed by atoms with Crippen LogP contribution in [0.2, 0.25) is 0 Å². The first kappa shape index (κ1) is 15.5. The topological polar surface area (TPSA) is 68.3 Å². The fourth-order valence-corrected chi connectivity index (χ4v) is 1.68. The van der Waals surface area contributed by atoms with Crippen molar-refractivity contribution in [2.24, 2.45) is 5.92 Å². The van der Waals surface area contributed by atoms with Crippen LogP contribution in [0.3, 0.4) is 0 Å². The zero-order valence-electron chi connectivity index (χ0n) is 12.2. The molecule has 0 bridgehead atoms. The number of hydrogen-bond acceptors (Lipinski definition) is 6. The van der Waals surface area contributed by atoms with Gasteiger partial charge in [0.25, 0.3) is 0 Å². The maximum absolute atomic E-state index is 5.38. The zero-order chi connectivity index (χ0) is 14.1. The Balaban J connectivity index is 2.71. The van der Waals surface area contributed by atoms with Gasteiger partial charge in [-0.1, -0.05) is 13.8 Å². The van der Waals surface area contributed by atoms with Gasteiger partial charge in [0.15, 0.2) is 11.6 Å². The molecular weight excluding hydrogens is 244 g/mol. The summed E-state index contributed by atoms with van der Waals surface area (Å²) in [5.41, 5.74) is 0. The predicted octanol–water partition coefficient (Wildman–Crippen LogP) is 2.00. The third kappa shape index (κ3) is 4.90. The lowest BCUT2D eigenvalue weighted by Gasteiger charge is -2.16. The molecule has 1 heterocycles. The summed E-state index contributed by atoms with van der Waals surface area (Å²) in [6.07, 6.45) is 2.56. The lowest BCUT2D eigenvalue weighted by Crippen LogP contribution is -2.17. The van der Waals surface area contributed by atoms with Crippen LogP contribution >= 0.6 is 0 Å². The molecule has 1 rings (SSSR count). The minimum Gasteiger partial charge on any atom is -0.490 e. The largest absolute Gasteiger partial charge is 0.490 e. The summed E-state index contributed by atoms with van der Waals surface area (Å²) in [6, 6.07) is 0. The predicted molar refractivity (Wildman–Crippen MR) is 76.9 cm³/mol. The summed E-state index contributed by atoms with van der Waals surface area (Å²) in [5.74, 6) is 2.48. The lowest BCUT2D eigenvalue weighted by atomic mass is 10.2. The van der Waals surface area contributed by atoms with Crippen molar-refractivity contribution < 1.29 is 9.47 Å². The highest BCUT2D eigenvalue weighted by atomic mass is 16.5. The van der Waals surface area contributed by atoms with E-state index < -0.39 is 0 Å². The number of hydrogen-bond donors (Lipinski definition) is 2. The third-order valence-corrected chi connectivity index (χ3v) is 2.62. The smallest absolute Gasteiger partial charge is 0.204 e. The first-order chi connectivity index (χ1) is 9.22. The zero-order valence-corrected chi connectivity index (χ0v) is 12.2. The Morgan fingerprint density at radius 3 is 2.47 bits per heavy atom. The van der Waals surface area contributed by atoms with E-state index in [1.165, 1.54) is 6.33 Å². The highest BCUT2D eigenvalue weighted by Crippen LogP contribution is 2.28. The average Bonchev–Trinajstić information content (AvgIpc) is 2.43. The van der Waals surface area contributed by atoms with Crippen molar-refractivity contribution in [1.82, 2.24) is 9.97 Å². The normalized spacial score (nSPS) is 12.0. The molecule has 0 spiro atoms.